The number of anilines is 1. The van der Waals surface area contributed by atoms with E-state index in [2.05, 4.69) is 34.2 Å². The summed E-state index contributed by atoms with van der Waals surface area (Å²) in [5.41, 5.74) is 3.37. The normalized spacial score (nSPS) is 18.9. The van der Waals surface area contributed by atoms with Gasteiger partial charge in [0.2, 0.25) is 5.95 Å². The molecule has 2 aliphatic rings. The molecule has 0 radical (unpaired) electrons. The van der Waals surface area contributed by atoms with Gasteiger partial charge in [0.15, 0.2) is 5.78 Å². The molecule has 0 bridgehead atoms. The Labute approximate surface area is 182 Å². The Morgan fingerprint density at radius 2 is 1.87 bits per heavy atom. The summed E-state index contributed by atoms with van der Waals surface area (Å²) in [7, 11) is 0. The summed E-state index contributed by atoms with van der Waals surface area (Å²) in [6.07, 6.45) is 5.13. The van der Waals surface area contributed by atoms with Crippen LogP contribution in [0.2, 0.25) is 0 Å². The van der Waals surface area contributed by atoms with E-state index in [0.717, 1.165) is 23.4 Å². The Bertz CT molecular complexity index is 982. The Balaban J connectivity index is 1.49. The van der Waals surface area contributed by atoms with Gasteiger partial charge in [-0.2, -0.15) is 0 Å². The summed E-state index contributed by atoms with van der Waals surface area (Å²) >= 11 is 0. The number of piperazine rings is 1. The molecule has 1 saturated heterocycles. The van der Waals surface area contributed by atoms with Crippen molar-refractivity contribution >= 4 is 23.9 Å². The fourth-order valence-electron chi connectivity index (χ4n) is 4.18. The minimum absolute atomic E-state index is 0.111. The molecule has 1 aromatic heterocycles. The van der Waals surface area contributed by atoms with E-state index in [1.54, 1.807) is 4.90 Å². The summed E-state index contributed by atoms with van der Waals surface area (Å²) in [6.45, 7) is 6.49. The van der Waals surface area contributed by atoms with Crippen LogP contribution in [-0.2, 0) is 11.2 Å². The number of fused-ring (bicyclic) bond motifs is 1. The molecule has 1 fully saturated rings. The molecule has 2 heterocycles. The number of aromatic nitrogens is 2. The first-order chi connectivity index (χ1) is 15.0. The molecule has 1 aromatic carbocycles. The van der Waals surface area contributed by atoms with E-state index in [4.69, 9.17) is 9.72 Å². The van der Waals surface area contributed by atoms with Crippen LogP contribution in [0.15, 0.2) is 36.4 Å². The van der Waals surface area contributed by atoms with Crippen molar-refractivity contribution in [2.75, 3.05) is 37.7 Å². The van der Waals surface area contributed by atoms with Crippen molar-refractivity contribution in [2.24, 2.45) is 5.92 Å². The minimum atomic E-state index is -0.275. The number of carbonyl (C=O) groups is 2. The van der Waals surface area contributed by atoms with Gasteiger partial charge >= 0.3 is 6.09 Å². The number of ketones is 1. The molecule has 31 heavy (non-hydrogen) atoms. The van der Waals surface area contributed by atoms with Crippen LogP contribution >= 0.6 is 0 Å². The first-order valence-electron chi connectivity index (χ1n) is 10.9. The van der Waals surface area contributed by atoms with Gasteiger partial charge in [-0.05, 0) is 31.7 Å². The lowest BCUT2D eigenvalue weighted by atomic mass is 9.85. The third kappa shape index (κ3) is 4.76. The number of carbonyl (C=O) groups excluding carboxylic acids is 2. The van der Waals surface area contributed by atoms with Crippen LogP contribution in [0.25, 0.3) is 6.08 Å². The molecule has 1 atom stereocenters. The SMILES string of the molecule is CCOC(=O)N1CCN(c2nc(C)c3c(n2)C[C@@H](/C=C/c2ccccc2)CC3=O)CC1. The van der Waals surface area contributed by atoms with Crippen LogP contribution in [0.4, 0.5) is 10.7 Å². The largest absolute Gasteiger partial charge is 0.450 e. The van der Waals surface area contributed by atoms with Gasteiger partial charge in [-0.3, -0.25) is 4.79 Å². The monoisotopic (exact) mass is 420 g/mol. The van der Waals surface area contributed by atoms with E-state index < -0.39 is 0 Å². The average Bonchev–Trinajstić information content (AvgIpc) is 2.78. The zero-order valence-corrected chi connectivity index (χ0v) is 18.1. The van der Waals surface area contributed by atoms with Crippen molar-refractivity contribution in [1.82, 2.24) is 14.9 Å². The van der Waals surface area contributed by atoms with Crippen molar-refractivity contribution in [1.29, 1.82) is 0 Å². The molecule has 7 heteroatoms. The Kier molecular flexibility index (Phi) is 6.30. The van der Waals surface area contributed by atoms with Crippen LogP contribution in [0.3, 0.4) is 0 Å². The van der Waals surface area contributed by atoms with Crippen molar-refractivity contribution < 1.29 is 14.3 Å². The zero-order valence-electron chi connectivity index (χ0n) is 18.1. The second kappa shape index (κ2) is 9.29. The van der Waals surface area contributed by atoms with E-state index in [-0.39, 0.29) is 17.8 Å². The third-order valence-electron chi connectivity index (χ3n) is 5.78. The number of hydrogen-bond donors (Lipinski definition) is 0. The Morgan fingerprint density at radius 1 is 1.13 bits per heavy atom. The molecule has 0 unspecified atom stereocenters. The summed E-state index contributed by atoms with van der Waals surface area (Å²) in [6, 6.07) is 10.1. The van der Waals surface area contributed by atoms with E-state index in [1.165, 1.54) is 0 Å². The highest BCUT2D eigenvalue weighted by Gasteiger charge is 2.30. The van der Waals surface area contributed by atoms with Crippen molar-refractivity contribution in [2.45, 2.75) is 26.7 Å². The lowest BCUT2D eigenvalue weighted by Gasteiger charge is -2.34. The smallest absolute Gasteiger partial charge is 0.409 e. The van der Waals surface area contributed by atoms with Gasteiger partial charge in [0, 0.05) is 32.6 Å². The average molecular weight is 421 g/mol. The number of nitrogens with zero attached hydrogens (tertiary/aromatic N) is 4. The molecule has 1 aliphatic carbocycles. The second-order valence-corrected chi connectivity index (χ2v) is 7.97. The van der Waals surface area contributed by atoms with Crippen LogP contribution in [0.1, 0.15) is 40.7 Å². The highest BCUT2D eigenvalue weighted by Crippen LogP contribution is 2.29. The highest BCUT2D eigenvalue weighted by molar-refractivity contribution is 5.99. The standard InChI is InChI=1S/C24H28N4O3/c1-3-31-24(30)28-13-11-27(12-14-28)23-25-17(2)22-20(26-23)15-19(16-21(22)29)10-9-18-7-5-4-6-8-18/h4-10,19H,3,11-16H2,1-2H3/b10-9+/t19-/m1/s1. The molecular formula is C24H28N4O3. The van der Waals surface area contributed by atoms with Gasteiger partial charge in [0.05, 0.1) is 23.6 Å². The first kappa shape index (κ1) is 21.0. The maximum Gasteiger partial charge on any atom is 0.409 e. The molecule has 0 spiro atoms. The number of amides is 1. The van der Waals surface area contributed by atoms with Gasteiger partial charge in [0.25, 0.3) is 0 Å². The zero-order chi connectivity index (χ0) is 21.8. The third-order valence-corrected chi connectivity index (χ3v) is 5.78. The molecule has 1 aliphatic heterocycles. The van der Waals surface area contributed by atoms with E-state index in [0.29, 0.717) is 50.7 Å². The molecular weight excluding hydrogens is 392 g/mol. The number of hydrogen-bond acceptors (Lipinski definition) is 6. The van der Waals surface area contributed by atoms with E-state index in [9.17, 15) is 9.59 Å². The number of rotatable bonds is 4. The van der Waals surface area contributed by atoms with Crippen LogP contribution < -0.4 is 4.90 Å². The lowest BCUT2D eigenvalue weighted by Crippen LogP contribution is -2.49. The number of ether oxygens (including phenoxy) is 1. The fourth-order valence-corrected chi connectivity index (χ4v) is 4.18. The van der Waals surface area contributed by atoms with Gasteiger partial charge in [-0.25, -0.2) is 14.8 Å². The molecule has 0 saturated carbocycles. The van der Waals surface area contributed by atoms with Gasteiger partial charge < -0.3 is 14.5 Å². The quantitative estimate of drug-likeness (QED) is 0.753. The number of allylic oxidation sites excluding steroid dienone is 1. The topological polar surface area (TPSA) is 75.6 Å². The van der Waals surface area contributed by atoms with Crippen LogP contribution in [0.5, 0.6) is 0 Å². The van der Waals surface area contributed by atoms with Gasteiger partial charge in [-0.1, -0.05) is 42.5 Å². The maximum atomic E-state index is 12.8. The van der Waals surface area contributed by atoms with Crippen LogP contribution in [-0.4, -0.2) is 59.5 Å². The molecule has 0 N–H and O–H groups in total. The minimum Gasteiger partial charge on any atom is -0.450 e. The predicted octanol–water partition coefficient (Wildman–Crippen LogP) is 3.52. The highest BCUT2D eigenvalue weighted by atomic mass is 16.6. The number of aryl methyl sites for hydroxylation is 1. The summed E-state index contributed by atoms with van der Waals surface area (Å²) in [5, 5.41) is 0. The van der Waals surface area contributed by atoms with Crippen molar-refractivity contribution in [3.05, 3.63) is 58.9 Å². The summed E-state index contributed by atoms with van der Waals surface area (Å²) in [5.74, 6) is 0.878. The first-order valence-corrected chi connectivity index (χ1v) is 10.9. The summed E-state index contributed by atoms with van der Waals surface area (Å²) < 4.78 is 5.09. The summed E-state index contributed by atoms with van der Waals surface area (Å²) in [4.78, 5) is 37.9. The Hall–Kier alpha value is -3.22. The van der Waals surface area contributed by atoms with Crippen LogP contribution in [0, 0.1) is 12.8 Å². The lowest BCUT2D eigenvalue weighted by molar-refractivity contribution is 0.0955. The second-order valence-electron chi connectivity index (χ2n) is 7.97. The van der Waals surface area contributed by atoms with Crippen molar-refractivity contribution in [3.8, 4) is 0 Å². The fraction of sp³-hybridized carbons (Fsp3) is 0.417. The molecule has 2 aromatic rings. The predicted molar refractivity (Wildman–Crippen MR) is 119 cm³/mol. The van der Waals surface area contributed by atoms with Gasteiger partial charge in [0.1, 0.15) is 0 Å². The Morgan fingerprint density at radius 3 is 2.58 bits per heavy atom. The molecule has 162 valence electrons. The molecule has 7 nitrogen and oxygen atoms in total. The molecule has 1 amide bonds. The van der Waals surface area contributed by atoms with E-state index >= 15 is 0 Å². The van der Waals surface area contributed by atoms with Crippen molar-refractivity contribution in [3.63, 3.8) is 0 Å². The van der Waals surface area contributed by atoms with E-state index in [1.807, 2.05) is 32.0 Å². The maximum absolute atomic E-state index is 12.8. The van der Waals surface area contributed by atoms with Gasteiger partial charge in [-0.15, -0.1) is 0 Å². The number of Topliss-reactive ketones (excluding diaryl/α,β-unsaturated/α-hetero) is 1. The molecule has 4 rings (SSSR count). The number of benzene rings is 1.